The Balaban J connectivity index is 2.50. The molecule has 0 aliphatic carbocycles. The van der Waals surface area contributed by atoms with Crippen LogP contribution in [0, 0.1) is 0 Å². The molecule has 0 aromatic heterocycles. The highest BCUT2D eigenvalue weighted by atomic mass is 16.6. The molecule has 7 nitrogen and oxygen atoms in total. The van der Waals surface area contributed by atoms with Crippen molar-refractivity contribution < 1.29 is 20.1 Å². The van der Waals surface area contributed by atoms with E-state index in [0.29, 0.717) is 0 Å². The quantitative estimate of drug-likeness (QED) is 0.297. The first-order chi connectivity index (χ1) is 6.15. The maximum absolute atomic E-state index is 9.30. The molecule has 1 aliphatic heterocycles. The number of rotatable bonds is 2. The maximum atomic E-state index is 9.30. The third-order valence-corrected chi connectivity index (χ3v) is 1.88. The zero-order valence-corrected chi connectivity index (χ0v) is 6.82. The lowest BCUT2D eigenvalue weighted by Crippen LogP contribution is -2.48. The second-order valence-corrected chi connectivity index (χ2v) is 2.85. The van der Waals surface area contributed by atoms with Gasteiger partial charge in [-0.25, -0.2) is 0 Å². The van der Waals surface area contributed by atoms with Crippen LogP contribution in [0.4, 0.5) is 0 Å². The third kappa shape index (κ3) is 2.55. The number of hydrogen-bond acceptors (Lipinski definition) is 5. The summed E-state index contributed by atoms with van der Waals surface area (Å²) in [5.74, 6) is 0. The van der Waals surface area contributed by atoms with Gasteiger partial charge in [-0.2, -0.15) is 0 Å². The molecule has 0 aromatic rings. The molecule has 0 spiro atoms. The monoisotopic (exact) mass is 189 g/mol. The molecule has 1 aliphatic rings. The number of azide groups is 1. The highest BCUT2D eigenvalue weighted by Gasteiger charge is 2.34. The molecular weight excluding hydrogens is 178 g/mol. The fourth-order valence-electron chi connectivity index (χ4n) is 1.16. The van der Waals surface area contributed by atoms with Crippen molar-refractivity contribution in [2.75, 3.05) is 6.54 Å². The Morgan fingerprint density at radius 3 is 2.69 bits per heavy atom. The second-order valence-electron chi connectivity index (χ2n) is 2.85. The SMILES string of the molecule is [N-]=[N+]=NCC1O[C@H](O)[C@@H](O)C[C@H]1O. The minimum atomic E-state index is -1.32. The van der Waals surface area contributed by atoms with Crippen LogP contribution in [-0.2, 0) is 4.74 Å². The van der Waals surface area contributed by atoms with Gasteiger partial charge in [-0.1, -0.05) is 5.11 Å². The van der Waals surface area contributed by atoms with Gasteiger partial charge in [0.05, 0.1) is 18.8 Å². The van der Waals surface area contributed by atoms with Crippen LogP contribution in [0.1, 0.15) is 6.42 Å². The molecule has 0 saturated carbocycles. The predicted octanol–water partition coefficient (Wildman–Crippen LogP) is -0.874. The summed E-state index contributed by atoms with van der Waals surface area (Å²) in [7, 11) is 0. The van der Waals surface area contributed by atoms with E-state index in [1.807, 2.05) is 0 Å². The van der Waals surface area contributed by atoms with E-state index in [1.54, 1.807) is 0 Å². The van der Waals surface area contributed by atoms with E-state index in [9.17, 15) is 5.11 Å². The average molecular weight is 189 g/mol. The van der Waals surface area contributed by atoms with Crippen molar-refractivity contribution in [1.82, 2.24) is 0 Å². The molecule has 7 heteroatoms. The molecule has 1 heterocycles. The zero-order chi connectivity index (χ0) is 9.84. The molecule has 3 N–H and O–H groups in total. The zero-order valence-electron chi connectivity index (χ0n) is 6.82. The number of aliphatic hydroxyl groups excluding tert-OH is 3. The smallest absolute Gasteiger partial charge is 0.181 e. The molecule has 1 rings (SSSR count). The van der Waals surface area contributed by atoms with Crippen LogP contribution < -0.4 is 0 Å². The summed E-state index contributed by atoms with van der Waals surface area (Å²) in [4.78, 5) is 2.50. The first-order valence-corrected chi connectivity index (χ1v) is 3.85. The minimum absolute atomic E-state index is 0.0206. The van der Waals surface area contributed by atoms with Gasteiger partial charge in [0.15, 0.2) is 6.29 Å². The number of hydrogen-bond donors (Lipinski definition) is 3. The molecule has 0 aromatic carbocycles. The molecule has 0 bridgehead atoms. The lowest BCUT2D eigenvalue weighted by molar-refractivity contribution is -0.242. The highest BCUT2D eigenvalue weighted by Crippen LogP contribution is 2.18. The van der Waals surface area contributed by atoms with Crippen molar-refractivity contribution in [3.8, 4) is 0 Å². The topological polar surface area (TPSA) is 119 Å². The van der Waals surface area contributed by atoms with Crippen LogP contribution >= 0.6 is 0 Å². The van der Waals surface area contributed by atoms with E-state index in [-0.39, 0.29) is 13.0 Å². The van der Waals surface area contributed by atoms with Crippen molar-refractivity contribution >= 4 is 0 Å². The first kappa shape index (κ1) is 10.2. The summed E-state index contributed by atoms with van der Waals surface area (Å²) in [6, 6.07) is 0. The predicted molar refractivity (Wildman–Crippen MR) is 41.5 cm³/mol. The normalized spacial score (nSPS) is 39.6. The Kier molecular flexibility index (Phi) is 3.47. The fraction of sp³-hybridized carbons (Fsp3) is 1.00. The lowest BCUT2D eigenvalue weighted by Gasteiger charge is -2.33. The summed E-state index contributed by atoms with van der Waals surface area (Å²) in [5.41, 5.74) is 8.01. The van der Waals surface area contributed by atoms with Crippen LogP contribution in [0.3, 0.4) is 0 Å². The minimum Gasteiger partial charge on any atom is -0.390 e. The van der Waals surface area contributed by atoms with Crippen LogP contribution in [0.15, 0.2) is 5.11 Å². The number of aliphatic hydroxyl groups is 3. The molecule has 1 fully saturated rings. The van der Waals surface area contributed by atoms with Gasteiger partial charge in [0.25, 0.3) is 0 Å². The molecule has 1 saturated heterocycles. The first-order valence-electron chi connectivity index (χ1n) is 3.85. The molecule has 13 heavy (non-hydrogen) atoms. The third-order valence-electron chi connectivity index (χ3n) is 1.88. The van der Waals surface area contributed by atoms with Gasteiger partial charge < -0.3 is 20.1 Å². The van der Waals surface area contributed by atoms with Crippen molar-refractivity contribution in [3.63, 3.8) is 0 Å². The van der Waals surface area contributed by atoms with E-state index >= 15 is 0 Å². The summed E-state index contributed by atoms with van der Waals surface area (Å²) >= 11 is 0. The van der Waals surface area contributed by atoms with Gasteiger partial charge in [-0.05, 0) is 5.53 Å². The molecular formula is C6H11N3O4. The highest BCUT2D eigenvalue weighted by molar-refractivity contribution is 4.81. The maximum Gasteiger partial charge on any atom is 0.181 e. The number of ether oxygens (including phenoxy) is 1. The van der Waals surface area contributed by atoms with Gasteiger partial charge in [-0.3, -0.25) is 0 Å². The Labute approximate surface area is 74.2 Å². The summed E-state index contributed by atoms with van der Waals surface area (Å²) in [6.07, 6.45) is -4.04. The Morgan fingerprint density at radius 1 is 1.38 bits per heavy atom. The van der Waals surface area contributed by atoms with Crippen LogP contribution in [-0.4, -0.2) is 46.5 Å². The molecule has 4 atom stereocenters. The lowest BCUT2D eigenvalue weighted by atomic mass is 10.0. The summed E-state index contributed by atoms with van der Waals surface area (Å²) in [6.45, 7) is -0.0541. The van der Waals surface area contributed by atoms with Crippen molar-refractivity contribution in [1.29, 1.82) is 0 Å². The fourth-order valence-corrected chi connectivity index (χ4v) is 1.16. The van der Waals surface area contributed by atoms with Crippen LogP contribution in [0.2, 0.25) is 0 Å². The van der Waals surface area contributed by atoms with Crippen molar-refractivity contribution in [2.45, 2.75) is 31.0 Å². The second kappa shape index (κ2) is 4.40. The van der Waals surface area contributed by atoms with Crippen LogP contribution in [0.25, 0.3) is 10.4 Å². The number of nitrogens with zero attached hydrogens (tertiary/aromatic N) is 3. The van der Waals surface area contributed by atoms with E-state index in [2.05, 4.69) is 10.0 Å². The van der Waals surface area contributed by atoms with Gasteiger partial charge in [0.2, 0.25) is 0 Å². The van der Waals surface area contributed by atoms with Gasteiger partial charge >= 0.3 is 0 Å². The molecule has 74 valence electrons. The molecule has 0 amide bonds. The average Bonchev–Trinajstić information content (AvgIpc) is 2.09. The standard InChI is InChI=1S/C6H11N3O4/c7-9-8-2-5-3(10)1-4(11)6(12)13-5/h3-6,10-12H,1-2H2/t3-,4+,5?,6+/m1/s1. The van der Waals surface area contributed by atoms with Crippen molar-refractivity contribution in [2.24, 2.45) is 5.11 Å². The van der Waals surface area contributed by atoms with Gasteiger partial charge in [0, 0.05) is 11.3 Å². The van der Waals surface area contributed by atoms with Gasteiger partial charge in [-0.15, -0.1) is 0 Å². The molecule has 0 radical (unpaired) electrons. The largest absolute Gasteiger partial charge is 0.390 e. The molecule has 1 unspecified atom stereocenters. The van der Waals surface area contributed by atoms with Gasteiger partial charge in [0.1, 0.15) is 6.10 Å². The Morgan fingerprint density at radius 2 is 2.08 bits per heavy atom. The van der Waals surface area contributed by atoms with Crippen molar-refractivity contribution in [3.05, 3.63) is 10.4 Å². The van der Waals surface area contributed by atoms with E-state index < -0.39 is 24.6 Å². The Bertz CT molecular complexity index is 218. The van der Waals surface area contributed by atoms with Crippen LogP contribution in [0.5, 0.6) is 0 Å². The van der Waals surface area contributed by atoms with E-state index in [4.69, 9.17) is 20.5 Å². The summed E-state index contributed by atoms with van der Waals surface area (Å²) < 4.78 is 4.80. The summed E-state index contributed by atoms with van der Waals surface area (Å²) in [5, 5.41) is 30.6. The Hall–Kier alpha value is -0.850. The van der Waals surface area contributed by atoms with E-state index in [0.717, 1.165) is 0 Å². The van der Waals surface area contributed by atoms with E-state index in [1.165, 1.54) is 0 Å².